The molecular formula is C13H21N3. The molecule has 0 bridgehead atoms. The van der Waals surface area contributed by atoms with Gasteiger partial charge in [0.1, 0.15) is 0 Å². The van der Waals surface area contributed by atoms with Gasteiger partial charge in [-0.25, -0.2) is 0 Å². The Morgan fingerprint density at radius 1 is 1.38 bits per heavy atom. The maximum absolute atomic E-state index is 6.28. The Labute approximate surface area is 97.7 Å². The quantitative estimate of drug-likeness (QED) is 0.823. The van der Waals surface area contributed by atoms with Gasteiger partial charge in [-0.2, -0.15) is 0 Å². The summed E-state index contributed by atoms with van der Waals surface area (Å²) in [6.45, 7) is 4.37. The fourth-order valence-corrected chi connectivity index (χ4v) is 2.31. The van der Waals surface area contributed by atoms with Crippen molar-refractivity contribution < 1.29 is 0 Å². The summed E-state index contributed by atoms with van der Waals surface area (Å²) in [5.74, 6) is 0.589. The summed E-state index contributed by atoms with van der Waals surface area (Å²) >= 11 is 0. The molecule has 3 nitrogen and oxygen atoms in total. The number of nitrogens with two attached hydrogens (primary N) is 1. The minimum absolute atomic E-state index is 0.106. The number of piperidine rings is 1. The van der Waals surface area contributed by atoms with Gasteiger partial charge < -0.3 is 10.6 Å². The van der Waals surface area contributed by atoms with Gasteiger partial charge in [-0.05, 0) is 57.5 Å². The van der Waals surface area contributed by atoms with Crippen LogP contribution in [0.2, 0.25) is 0 Å². The van der Waals surface area contributed by atoms with Gasteiger partial charge in [0.25, 0.3) is 0 Å². The Bertz CT molecular complexity index is 326. The Morgan fingerprint density at radius 2 is 2.06 bits per heavy atom. The highest BCUT2D eigenvalue weighted by Crippen LogP contribution is 2.27. The summed E-state index contributed by atoms with van der Waals surface area (Å²) in [7, 11) is 2.17. The monoisotopic (exact) mass is 219 g/mol. The van der Waals surface area contributed by atoms with E-state index in [-0.39, 0.29) is 6.04 Å². The van der Waals surface area contributed by atoms with Crippen LogP contribution in [-0.2, 0) is 0 Å². The zero-order chi connectivity index (χ0) is 11.5. The van der Waals surface area contributed by atoms with E-state index in [1.54, 1.807) is 0 Å². The molecule has 0 aliphatic carbocycles. The van der Waals surface area contributed by atoms with Crippen molar-refractivity contribution in [3.8, 4) is 0 Å². The van der Waals surface area contributed by atoms with Gasteiger partial charge in [0.15, 0.2) is 0 Å². The third-order valence-electron chi connectivity index (χ3n) is 3.55. The highest BCUT2D eigenvalue weighted by atomic mass is 15.1. The van der Waals surface area contributed by atoms with E-state index in [2.05, 4.69) is 36.0 Å². The topological polar surface area (TPSA) is 42.1 Å². The summed E-state index contributed by atoms with van der Waals surface area (Å²) in [6, 6.07) is 4.27. The summed E-state index contributed by atoms with van der Waals surface area (Å²) in [5, 5.41) is 0. The molecule has 1 aliphatic heterocycles. The molecule has 1 fully saturated rings. The van der Waals surface area contributed by atoms with Crippen molar-refractivity contribution in [2.45, 2.75) is 25.8 Å². The van der Waals surface area contributed by atoms with Crippen LogP contribution >= 0.6 is 0 Å². The van der Waals surface area contributed by atoms with E-state index >= 15 is 0 Å². The number of hydrogen-bond donors (Lipinski definition) is 1. The van der Waals surface area contributed by atoms with Gasteiger partial charge in [0, 0.05) is 12.2 Å². The fourth-order valence-electron chi connectivity index (χ4n) is 2.31. The second kappa shape index (κ2) is 4.93. The van der Waals surface area contributed by atoms with Gasteiger partial charge in [0.05, 0.1) is 5.69 Å². The summed E-state index contributed by atoms with van der Waals surface area (Å²) in [6.07, 6.45) is 4.28. The lowest BCUT2D eigenvalue weighted by Crippen LogP contribution is -2.35. The number of nitrogens with zero attached hydrogens (tertiary/aromatic N) is 2. The number of pyridine rings is 1. The first kappa shape index (κ1) is 11.6. The van der Waals surface area contributed by atoms with Crippen LogP contribution in [0.15, 0.2) is 18.3 Å². The third kappa shape index (κ3) is 2.60. The molecule has 1 aromatic heterocycles. The van der Waals surface area contributed by atoms with Crippen molar-refractivity contribution in [3.05, 3.63) is 29.6 Å². The predicted molar refractivity (Wildman–Crippen MR) is 66.1 cm³/mol. The standard InChI is InChI=1S/C13H21N3/c1-10-3-4-12(15-9-10)13(14)11-5-7-16(2)8-6-11/h3-4,9,11,13H,5-8,14H2,1-2H3. The molecule has 0 saturated carbocycles. The molecule has 0 radical (unpaired) electrons. The smallest absolute Gasteiger partial charge is 0.0574 e. The summed E-state index contributed by atoms with van der Waals surface area (Å²) in [4.78, 5) is 6.80. The first-order valence-electron chi connectivity index (χ1n) is 6.03. The normalized spacial score (nSPS) is 20.9. The zero-order valence-electron chi connectivity index (χ0n) is 10.2. The van der Waals surface area contributed by atoms with E-state index in [1.165, 1.54) is 18.4 Å². The van der Waals surface area contributed by atoms with Crippen LogP contribution in [0.1, 0.15) is 30.1 Å². The molecule has 0 spiro atoms. The third-order valence-corrected chi connectivity index (χ3v) is 3.55. The molecule has 0 aromatic carbocycles. The molecule has 2 rings (SSSR count). The second-order valence-electron chi connectivity index (χ2n) is 4.93. The van der Waals surface area contributed by atoms with Crippen molar-refractivity contribution in [3.63, 3.8) is 0 Å². The van der Waals surface area contributed by atoms with Crippen LogP contribution in [0.3, 0.4) is 0 Å². The average molecular weight is 219 g/mol. The average Bonchev–Trinajstić information content (AvgIpc) is 2.30. The first-order valence-corrected chi connectivity index (χ1v) is 6.03. The van der Waals surface area contributed by atoms with E-state index in [4.69, 9.17) is 5.73 Å². The van der Waals surface area contributed by atoms with Crippen LogP contribution in [0.25, 0.3) is 0 Å². The molecular weight excluding hydrogens is 198 g/mol. The van der Waals surface area contributed by atoms with Gasteiger partial charge in [0.2, 0.25) is 0 Å². The van der Waals surface area contributed by atoms with Crippen LogP contribution in [0.5, 0.6) is 0 Å². The van der Waals surface area contributed by atoms with Crippen LogP contribution in [0, 0.1) is 12.8 Å². The number of aromatic nitrogens is 1. The van der Waals surface area contributed by atoms with Crippen molar-refractivity contribution in [1.82, 2.24) is 9.88 Å². The highest BCUT2D eigenvalue weighted by Gasteiger charge is 2.24. The maximum Gasteiger partial charge on any atom is 0.0574 e. The second-order valence-corrected chi connectivity index (χ2v) is 4.93. The van der Waals surface area contributed by atoms with E-state index in [0.29, 0.717) is 5.92 Å². The number of likely N-dealkylation sites (tertiary alicyclic amines) is 1. The van der Waals surface area contributed by atoms with Gasteiger partial charge >= 0.3 is 0 Å². The van der Waals surface area contributed by atoms with Crippen molar-refractivity contribution >= 4 is 0 Å². The number of hydrogen-bond acceptors (Lipinski definition) is 3. The molecule has 1 unspecified atom stereocenters. The zero-order valence-corrected chi connectivity index (χ0v) is 10.2. The van der Waals surface area contributed by atoms with E-state index in [9.17, 15) is 0 Å². The molecule has 3 heteroatoms. The van der Waals surface area contributed by atoms with E-state index in [1.807, 2.05) is 6.20 Å². The fraction of sp³-hybridized carbons (Fsp3) is 0.615. The molecule has 1 aliphatic rings. The van der Waals surface area contributed by atoms with Crippen molar-refractivity contribution in [1.29, 1.82) is 0 Å². The minimum Gasteiger partial charge on any atom is -0.322 e. The van der Waals surface area contributed by atoms with Crippen LogP contribution in [0.4, 0.5) is 0 Å². The Hall–Kier alpha value is -0.930. The molecule has 16 heavy (non-hydrogen) atoms. The van der Waals surface area contributed by atoms with Gasteiger partial charge in [-0.3, -0.25) is 4.98 Å². The number of aryl methyl sites for hydroxylation is 1. The summed E-state index contributed by atoms with van der Waals surface area (Å²) < 4.78 is 0. The SMILES string of the molecule is Cc1ccc(C(N)C2CCN(C)CC2)nc1. The molecule has 1 aromatic rings. The van der Waals surface area contributed by atoms with Gasteiger partial charge in [-0.1, -0.05) is 6.07 Å². The molecule has 88 valence electrons. The van der Waals surface area contributed by atoms with Gasteiger partial charge in [-0.15, -0.1) is 0 Å². The van der Waals surface area contributed by atoms with Crippen molar-refractivity contribution in [2.24, 2.45) is 11.7 Å². The molecule has 0 amide bonds. The predicted octanol–water partition coefficient (Wildman–Crippen LogP) is 1.73. The Kier molecular flexibility index (Phi) is 3.56. The van der Waals surface area contributed by atoms with Crippen LogP contribution < -0.4 is 5.73 Å². The minimum atomic E-state index is 0.106. The Balaban J connectivity index is 2.01. The molecule has 1 atom stereocenters. The lowest BCUT2D eigenvalue weighted by molar-refractivity contribution is 0.198. The maximum atomic E-state index is 6.28. The Morgan fingerprint density at radius 3 is 2.62 bits per heavy atom. The molecule has 1 saturated heterocycles. The largest absolute Gasteiger partial charge is 0.322 e. The summed E-state index contributed by atoms with van der Waals surface area (Å²) in [5.41, 5.74) is 8.52. The molecule has 2 heterocycles. The highest BCUT2D eigenvalue weighted by molar-refractivity contribution is 5.15. The van der Waals surface area contributed by atoms with Crippen LogP contribution in [-0.4, -0.2) is 30.0 Å². The lowest BCUT2D eigenvalue weighted by Gasteiger charge is -2.32. The number of rotatable bonds is 2. The van der Waals surface area contributed by atoms with Crippen molar-refractivity contribution in [2.75, 3.05) is 20.1 Å². The lowest BCUT2D eigenvalue weighted by atomic mass is 9.88. The first-order chi connectivity index (χ1) is 7.66. The van der Waals surface area contributed by atoms with E-state index < -0.39 is 0 Å². The van der Waals surface area contributed by atoms with E-state index in [0.717, 1.165) is 18.8 Å². The molecule has 2 N–H and O–H groups in total.